The zero-order valence-electron chi connectivity index (χ0n) is 7.29. The quantitative estimate of drug-likeness (QED) is 0.552. The Morgan fingerprint density at radius 2 is 2.17 bits per heavy atom. The monoisotopic (exact) mass is 190 g/mol. The topological polar surface area (TPSA) is 44.3 Å². The van der Waals surface area contributed by atoms with Gasteiger partial charge in [0.1, 0.15) is 5.72 Å². The first-order valence-electron chi connectivity index (χ1n) is 3.68. The van der Waals surface area contributed by atoms with Crippen molar-refractivity contribution in [3.8, 4) is 0 Å². The number of rotatable bonds is 2. The standard InChI is InChI=1S/C8H14N2O.ClH/c1-9-7-3-5-8(11,10-2)6-4-7;/h3-5,9-11H,6H2,1-2H3;1H. The van der Waals surface area contributed by atoms with Gasteiger partial charge >= 0.3 is 0 Å². The fourth-order valence-electron chi connectivity index (χ4n) is 1.00. The molecule has 0 aromatic rings. The van der Waals surface area contributed by atoms with Gasteiger partial charge in [0, 0.05) is 19.2 Å². The molecule has 0 aromatic heterocycles. The van der Waals surface area contributed by atoms with Gasteiger partial charge in [0.15, 0.2) is 0 Å². The Kier molecular flexibility index (Phi) is 4.31. The smallest absolute Gasteiger partial charge is 0.138 e. The molecule has 0 aliphatic heterocycles. The molecule has 0 amide bonds. The Bertz CT molecular complexity index is 203. The van der Waals surface area contributed by atoms with Gasteiger partial charge in [-0.05, 0) is 19.2 Å². The van der Waals surface area contributed by atoms with Gasteiger partial charge < -0.3 is 10.4 Å². The highest BCUT2D eigenvalue weighted by atomic mass is 35.5. The lowest BCUT2D eigenvalue weighted by atomic mass is 10.0. The molecular formula is C8H15ClN2O. The number of hydrogen-bond acceptors (Lipinski definition) is 3. The predicted molar refractivity (Wildman–Crippen MR) is 52.2 cm³/mol. The molecule has 1 atom stereocenters. The third-order valence-corrected chi connectivity index (χ3v) is 1.89. The molecule has 0 radical (unpaired) electrons. The summed E-state index contributed by atoms with van der Waals surface area (Å²) >= 11 is 0. The summed E-state index contributed by atoms with van der Waals surface area (Å²) in [6.07, 6.45) is 6.17. The summed E-state index contributed by atoms with van der Waals surface area (Å²) in [6.45, 7) is 0. The maximum Gasteiger partial charge on any atom is 0.138 e. The summed E-state index contributed by atoms with van der Waals surface area (Å²) < 4.78 is 0. The van der Waals surface area contributed by atoms with Crippen LogP contribution in [0.1, 0.15) is 6.42 Å². The van der Waals surface area contributed by atoms with E-state index < -0.39 is 5.72 Å². The molecule has 3 nitrogen and oxygen atoms in total. The highest BCUT2D eigenvalue weighted by Crippen LogP contribution is 2.15. The van der Waals surface area contributed by atoms with E-state index in [1.165, 1.54) is 0 Å². The Labute approximate surface area is 79.0 Å². The molecule has 0 bridgehead atoms. The minimum atomic E-state index is -0.847. The fourth-order valence-corrected chi connectivity index (χ4v) is 1.00. The van der Waals surface area contributed by atoms with Crippen LogP contribution in [-0.2, 0) is 0 Å². The molecule has 1 aliphatic rings. The molecule has 12 heavy (non-hydrogen) atoms. The SMILES string of the molecule is CNC1=CCC(O)(NC)C=C1.Cl. The van der Waals surface area contributed by atoms with Crippen LogP contribution in [0.4, 0.5) is 0 Å². The largest absolute Gasteiger partial charge is 0.388 e. The Morgan fingerprint density at radius 1 is 1.50 bits per heavy atom. The molecule has 1 aliphatic carbocycles. The molecule has 0 heterocycles. The second-order valence-electron chi connectivity index (χ2n) is 2.62. The molecule has 70 valence electrons. The van der Waals surface area contributed by atoms with Crippen LogP contribution in [0, 0.1) is 0 Å². The van der Waals surface area contributed by atoms with Crippen LogP contribution in [0.25, 0.3) is 0 Å². The van der Waals surface area contributed by atoms with Gasteiger partial charge in [0.25, 0.3) is 0 Å². The molecule has 1 unspecified atom stereocenters. The van der Waals surface area contributed by atoms with Crippen molar-refractivity contribution in [2.75, 3.05) is 14.1 Å². The first kappa shape index (κ1) is 11.5. The molecule has 0 fully saturated rings. The van der Waals surface area contributed by atoms with E-state index in [2.05, 4.69) is 10.6 Å². The summed E-state index contributed by atoms with van der Waals surface area (Å²) in [4.78, 5) is 0. The highest BCUT2D eigenvalue weighted by molar-refractivity contribution is 5.85. The van der Waals surface area contributed by atoms with E-state index in [0.29, 0.717) is 6.42 Å². The van der Waals surface area contributed by atoms with E-state index in [1.807, 2.05) is 19.2 Å². The molecule has 0 saturated carbocycles. The van der Waals surface area contributed by atoms with Crippen LogP contribution in [-0.4, -0.2) is 24.9 Å². The van der Waals surface area contributed by atoms with Crippen molar-refractivity contribution in [1.82, 2.24) is 10.6 Å². The molecule has 4 heteroatoms. The molecule has 0 aromatic carbocycles. The fraction of sp³-hybridized carbons (Fsp3) is 0.500. The first-order chi connectivity index (χ1) is 5.20. The molecule has 3 N–H and O–H groups in total. The van der Waals surface area contributed by atoms with Crippen LogP contribution in [0.5, 0.6) is 0 Å². The molecule has 0 saturated heterocycles. The number of halogens is 1. The number of hydrogen-bond donors (Lipinski definition) is 3. The minimum absolute atomic E-state index is 0. The average Bonchev–Trinajstić information content (AvgIpc) is 2.06. The van der Waals surface area contributed by atoms with Gasteiger partial charge in [-0.15, -0.1) is 12.4 Å². The van der Waals surface area contributed by atoms with Crippen molar-refractivity contribution >= 4 is 12.4 Å². The van der Waals surface area contributed by atoms with E-state index in [-0.39, 0.29) is 12.4 Å². The summed E-state index contributed by atoms with van der Waals surface area (Å²) in [5, 5.41) is 15.4. The van der Waals surface area contributed by atoms with Gasteiger partial charge in [0.2, 0.25) is 0 Å². The lowest BCUT2D eigenvalue weighted by Gasteiger charge is -2.25. The maximum atomic E-state index is 9.62. The average molecular weight is 191 g/mol. The van der Waals surface area contributed by atoms with Crippen molar-refractivity contribution in [2.45, 2.75) is 12.1 Å². The Hall–Kier alpha value is -0.510. The van der Waals surface area contributed by atoms with Crippen LogP contribution >= 0.6 is 12.4 Å². The van der Waals surface area contributed by atoms with E-state index in [0.717, 1.165) is 5.70 Å². The number of likely N-dealkylation sites (N-methyl/N-ethyl adjacent to an activating group) is 2. The van der Waals surface area contributed by atoms with Gasteiger partial charge in [-0.3, -0.25) is 5.32 Å². The van der Waals surface area contributed by atoms with Crippen molar-refractivity contribution < 1.29 is 5.11 Å². The summed E-state index contributed by atoms with van der Waals surface area (Å²) in [5.74, 6) is 0. The molecule has 1 rings (SSSR count). The van der Waals surface area contributed by atoms with Crippen molar-refractivity contribution in [3.05, 3.63) is 23.9 Å². The van der Waals surface area contributed by atoms with Gasteiger partial charge in [-0.1, -0.05) is 6.08 Å². The second-order valence-corrected chi connectivity index (χ2v) is 2.62. The first-order valence-corrected chi connectivity index (χ1v) is 3.68. The lowest BCUT2D eigenvalue weighted by molar-refractivity contribution is 0.0642. The summed E-state index contributed by atoms with van der Waals surface area (Å²) in [5.41, 5.74) is 0.199. The van der Waals surface area contributed by atoms with Crippen molar-refractivity contribution in [1.29, 1.82) is 0 Å². The third kappa shape index (κ3) is 2.52. The number of aliphatic hydroxyl groups is 1. The van der Waals surface area contributed by atoms with Gasteiger partial charge in [0.05, 0.1) is 0 Å². The number of nitrogens with one attached hydrogen (secondary N) is 2. The van der Waals surface area contributed by atoms with Crippen LogP contribution < -0.4 is 10.6 Å². The molecule has 0 spiro atoms. The highest BCUT2D eigenvalue weighted by Gasteiger charge is 2.21. The van der Waals surface area contributed by atoms with Crippen molar-refractivity contribution in [3.63, 3.8) is 0 Å². The normalized spacial score (nSPS) is 27.4. The Balaban J connectivity index is 0.00000121. The number of allylic oxidation sites excluding steroid dienone is 1. The van der Waals surface area contributed by atoms with Crippen LogP contribution in [0.15, 0.2) is 23.9 Å². The summed E-state index contributed by atoms with van der Waals surface area (Å²) in [6, 6.07) is 0. The van der Waals surface area contributed by atoms with Gasteiger partial charge in [-0.25, -0.2) is 0 Å². The molecular weight excluding hydrogens is 176 g/mol. The predicted octanol–water partition coefficient (Wildman–Crippen LogP) is 0.379. The van der Waals surface area contributed by atoms with Gasteiger partial charge in [-0.2, -0.15) is 0 Å². The van der Waals surface area contributed by atoms with E-state index in [1.54, 1.807) is 13.1 Å². The van der Waals surface area contributed by atoms with E-state index in [4.69, 9.17) is 0 Å². The third-order valence-electron chi connectivity index (χ3n) is 1.89. The van der Waals surface area contributed by atoms with Crippen molar-refractivity contribution in [2.24, 2.45) is 0 Å². The van der Waals surface area contributed by atoms with Crippen LogP contribution in [0.3, 0.4) is 0 Å². The van der Waals surface area contributed by atoms with E-state index in [9.17, 15) is 5.11 Å². The maximum absolute atomic E-state index is 9.62. The van der Waals surface area contributed by atoms with E-state index >= 15 is 0 Å². The zero-order chi connectivity index (χ0) is 8.32. The lowest BCUT2D eigenvalue weighted by Crippen LogP contribution is -2.41. The zero-order valence-corrected chi connectivity index (χ0v) is 8.11. The summed E-state index contributed by atoms with van der Waals surface area (Å²) in [7, 11) is 3.60. The second kappa shape index (κ2) is 4.50. The van der Waals surface area contributed by atoms with Crippen LogP contribution in [0.2, 0.25) is 0 Å². The Morgan fingerprint density at radius 3 is 2.50 bits per heavy atom. The minimum Gasteiger partial charge on any atom is -0.388 e.